The van der Waals surface area contributed by atoms with Crippen LogP contribution in [0.2, 0.25) is 0 Å². The van der Waals surface area contributed by atoms with Crippen molar-refractivity contribution in [1.29, 1.82) is 0 Å². The molecule has 0 atom stereocenters. The van der Waals surface area contributed by atoms with Crippen molar-refractivity contribution in [3.8, 4) is 5.82 Å². The molecule has 4 aromatic heterocycles. The monoisotopic (exact) mass is 463 g/mol. The molecule has 1 fully saturated rings. The lowest BCUT2D eigenvalue weighted by atomic mass is 10.3. The zero-order chi connectivity index (χ0) is 23.1. The van der Waals surface area contributed by atoms with E-state index >= 15 is 0 Å². The maximum Gasteiger partial charge on any atom is 0.229 e. The van der Waals surface area contributed by atoms with Crippen molar-refractivity contribution in [1.82, 2.24) is 34.5 Å². The van der Waals surface area contributed by atoms with Crippen LogP contribution in [0.15, 0.2) is 42.9 Å². The van der Waals surface area contributed by atoms with Crippen molar-refractivity contribution in [2.24, 2.45) is 0 Å². The van der Waals surface area contributed by atoms with Crippen LogP contribution in [0.3, 0.4) is 0 Å². The van der Waals surface area contributed by atoms with Crippen LogP contribution in [0, 0.1) is 11.6 Å². The third kappa shape index (κ3) is 3.57. The fraction of sp³-hybridized carbons (Fsp3) is 0.227. The third-order valence-corrected chi connectivity index (χ3v) is 5.59. The number of imidazole rings is 2. The van der Waals surface area contributed by atoms with E-state index in [9.17, 15) is 8.78 Å². The maximum absolute atomic E-state index is 14.1. The minimum absolute atomic E-state index is 0.0435. The molecule has 34 heavy (non-hydrogen) atoms. The number of anilines is 2. The Balaban J connectivity index is 1.39. The predicted molar refractivity (Wildman–Crippen MR) is 121 cm³/mol. The van der Waals surface area contributed by atoms with E-state index in [1.54, 1.807) is 17.1 Å². The van der Waals surface area contributed by atoms with Gasteiger partial charge in [0, 0.05) is 19.3 Å². The van der Waals surface area contributed by atoms with Gasteiger partial charge < -0.3 is 19.9 Å². The van der Waals surface area contributed by atoms with Gasteiger partial charge >= 0.3 is 0 Å². The molecule has 1 aliphatic heterocycles. The minimum Gasteiger partial charge on any atom is -0.378 e. The van der Waals surface area contributed by atoms with Gasteiger partial charge in [0.1, 0.15) is 23.5 Å². The fourth-order valence-corrected chi connectivity index (χ4v) is 3.90. The lowest BCUT2D eigenvalue weighted by Gasteiger charge is -2.27. The van der Waals surface area contributed by atoms with E-state index in [2.05, 4.69) is 25.3 Å². The van der Waals surface area contributed by atoms with Crippen molar-refractivity contribution in [3.05, 3.63) is 60.3 Å². The first-order valence-corrected chi connectivity index (χ1v) is 10.7. The Morgan fingerprint density at radius 1 is 1.00 bits per heavy atom. The van der Waals surface area contributed by atoms with Gasteiger partial charge in [-0.2, -0.15) is 9.97 Å². The third-order valence-electron chi connectivity index (χ3n) is 5.59. The smallest absolute Gasteiger partial charge is 0.229 e. The summed E-state index contributed by atoms with van der Waals surface area (Å²) in [5.41, 5.74) is 1.52. The molecule has 1 saturated heterocycles. The standard InChI is InChI=1S/C22H19F2N9O/c23-13-4-5-14-18(17(13)24)29-15(28-14)11-26-20-19-21(31-22(30-20)32-7-9-34-10-8-32)33(12-27-19)16-3-1-2-6-25-16/h1-6,12H,7-11H2,(H,28,29)(H,26,30,31). The molecular formula is C22H19F2N9O. The van der Waals surface area contributed by atoms with E-state index in [1.165, 1.54) is 6.07 Å². The Bertz CT molecular complexity index is 1480. The molecule has 0 spiro atoms. The SMILES string of the molecule is Fc1ccc2[nH]c(CNc3nc(N4CCOCC4)nc4c3ncn4-c3ccccn3)nc2c1F. The zero-order valence-electron chi connectivity index (χ0n) is 17.9. The molecule has 172 valence electrons. The highest BCUT2D eigenvalue weighted by molar-refractivity contribution is 5.85. The van der Waals surface area contributed by atoms with Gasteiger partial charge in [0.05, 0.1) is 25.3 Å². The quantitative estimate of drug-likeness (QED) is 0.410. The molecule has 5 heterocycles. The van der Waals surface area contributed by atoms with E-state index in [1.807, 2.05) is 23.1 Å². The van der Waals surface area contributed by atoms with Crippen LogP contribution in [0.4, 0.5) is 20.5 Å². The second-order valence-corrected chi connectivity index (χ2v) is 7.74. The molecule has 0 bridgehead atoms. The highest BCUT2D eigenvalue weighted by Crippen LogP contribution is 2.26. The van der Waals surface area contributed by atoms with Gasteiger partial charge in [-0.25, -0.2) is 23.7 Å². The number of aromatic amines is 1. The Labute approximate surface area is 191 Å². The molecule has 12 heteroatoms. The molecule has 10 nitrogen and oxygen atoms in total. The van der Waals surface area contributed by atoms with Gasteiger partial charge in [0.2, 0.25) is 5.95 Å². The second kappa shape index (κ2) is 8.30. The highest BCUT2D eigenvalue weighted by Gasteiger charge is 2.20. The molecule has 1 aliphatic rings. The number of H-pyrrole nitrogens is 1. The largest absolute Gasteiger partial charge is 0.378 e. The first kappa shape index (κ1) is 20.4. The van der Waals surface area contributed by atoms with Gasteiger partial charge in [-0.1, -0.05) is 6.07 Å². The van der Waals surface area contributed by atoms with Crippen molar-refractivity contribution in [2.75, 3.05) is 36.5 Å². The summed E-state index contributed by atoms with van der Waals surface area (Å²) in [5, 5.41) is 3.23. The molecular weight excluding hydrogens is 444 g/mol. The summed E-state index contributed by atoms with van der Waals surface area (Å²) >= 11 is 0. The number of nitrogens with one attached hydrogen (secondary N) is 2. The molecule has 0 radical (unpaired) electrons. The lowest BCUT2D eigenvalue weighted by Crippen LogP contribution is -2.37. The molecule has 5 aromatic rings. The number of ether oxygens (including phenoxy) is 1. The van der Waals surface area contributed by atoms with Crippen molar-refractivity contribution < 1.29 is 13.5 Å². The number of aromatic nitrogens is 7. The fourth-order valence-electron chi connectivity index (χ4n) is 3.90. The van der Waals surface area contributed by atoms with Crippen molar-refractivity contribution in [3.63, 3.8) is 0 Å². The number of fused-ring (bicyclic) bond motifs is 2. The molecule has 0 unspecified atom stereocenters. The van der Waals surface area contributed by atoms with Crippen LogP contribution < -0.4 is 10.2 Å². The van der Waals surface area contributed by atoms with E-state index in [4.69, 9.17) is 14.7 Å². The second-order valence-electron chi connectivity index (χ2n) is 7.74. The summed E-state index contributed by atoms with van der Waals surface area (Å²) in [5.74, 6) is 0.224. The van der Waals surface area contributed by atoms with E-state index in [0.29, 0.717) is 66.4 Å². The topological polar surface area (TPSA) is 110 Å². The van der Waals surface area contributed by atoms with Crippen LogP contribution in [0.5, 0.6) is 0 Å². The van der Waals surface area contributed by atoms with Crippen LogP contribution >= 0.6 is 0 Å². The summed E-state index contributed by atoms with van der Waals surface area (Å²) in [6.45, 7) is 2.70. The summed E-state index contributed by atoms with van der Waals surface area (Å²) in [6, 6.07) is 8.12. The summed E-state index contributed by atoms with van der Waals surface area (Å²) in [7, 11) is 0. The first-order valence-electron chi connectivity index (χ1n) is 10.7. The van der Waals surface area contributed by atoms with Gasteiger partial charge in [0.15, 0.2) is 28.6 Å². The number of pyridine rings is 1. The first-order chi connectivity index (χ1) is 16.7. The number of morpholine rings is 1. The average Bonchev–Trinajstić information content (AvgIpc) is 3.50. The molecule has 6 rings (SSSR count). The van der Waals surface area contributed by atoms with Gasteiger partial charge in [-0.05, 0) is 24.3 Å². The highest BCUT2D eigenvalue weighted by atomic mass is 19.2. The zero-order valence-corrected chi connectivity index (χ0v) is 17.9. The number of benzene rings is 1. The number of hydrogen-bond donors (Lipinski definition) is 2. The van der Waals surface area contributed by atoms with Crippen LogP contribution in [0.25, 0.3) is 28.0 Å². The van der Waals surface area contributed by atoms with E-state index < -0.39 is 11.6 Å². The molecule has 1 aromatic carbocycles. The average molecular weight is 463 g/mol. The Hall–Kier alpha value is -4.19. The Kier molecular flexibility index (Phi) is 4.99. The van der Waals surface area contributed by atoms with E-state index in [-0.39, 0.29) is 12.1 Å². The van der Waals surface area contributed by atoms with Gasteiger partial charge in [0.25, 0.3) is 0 Å². The minimum atomic E-state index is -0.979. The number of rotatable bonds is 5. The molecule has 2 N–H and O–H groups in total. The van der Waals surface area contributed by atoms with Crippen LogP contribution in [0.1, 0.15) is 5.82 Å². The Morgan fingerprint density at radius 3 is 2.71 bits per heavy atom. The van der Waals surface area contributed by atoms with E-state index in [0.717, 1.165) is 6.07 Å². The normalized spacial score (nSPS) is 14.2. The summed E-state index contributed by atoms with van der Waals surface area (Å²) in [4.78, 5) is 27.6. The Morgan fingerprint density at radius 2 is 1.88 bits per heavy atom. The van der Waals surface area contributed by atoms with Gasteiger partial charge in [-0.3, -0.25) is 4.57 Å². The van der Waals surface area contributed by atoms with Crippen molar-refractivity contribution in [2.45, 2.75) is 6.54 Å². The lowest BCUT2D eigenvalue weighted by molar-refractivity contribution is 0.122. The number of halogens is 2. The van der Waals surface area contributed by atoms with Crippen LogP contribution in [-0.4, -0.2) is 60.8 Å². The molecule has 0 amide bonds. The maximum atomic E-state index is 14.1. The molecule has 0 saturated carbocycles. The van der Waals surface area contributed by atoms with Crippen molar-refractivity contribution >= 4 is 34.0 Å². The molecule has 0 aliphatic carbocycles. The number of nitrogens with zero attached hydrogens (tertiary/aromatic N) is 7. The summed E-state index contributed by atoms with van der Waals surface area (Å²) < 4.78 is 34.9. The number of hydrogen-bond acceptors (Lipinski definition) is 8. The van der Waals surface area contributed by atoms with Crippen LogP contribution in [-0.2, 0) is 11.3 Å². The van der Waals surface area contributed by atoms with Gasteiger partial charge in [-0.15, -0.1) is 0 Å². The summed E-state index contributed by atoms with van der Waals surface area (Å²) in [6.07, 6.45) is 3.35. The predicted octanol–water partition coefficient (Wildman–Crippen LogP) is 2.81.